The molecule has 1 N–H and O–H groups in total. The number of ether oxygens (including phenoxy) is 2. The fourth-order valence-corrected chi connectivity index (χ4v) is 1.91. The normalized spacial score (nSPS) is 19.3. The van der Waals surface area contributed by atoms with Gasteiger partial charge in [0.2, 0.25) is 0 Å². The fraction of sp³-hybridized carbons (Fsp3) is 0.692. The number of hydrogen-bond acceptors (Lipinski definition) is 3. The van der Waals surface area contributed by atoms with Crippen LogP contribution in [0, 0.1) is 11.8 Å². The van der Waals surface area contributed by atoms with Gasteiger partial charge in [-0.1, -0.05) is 38.7 Å². The topological polar surface area (TPSA) is 38.7 Å². The number of aliphatic hydroxyl groups excluding tert-OH is 1. The van der Waals surface area contributed by atoms with Crippen molar-refractivity contribution in [1.29, 1.82) is 0 Å². The standard InChI is InChI=1S/C13H24O3/c1-6-7-8-12(15-4)11(3)13(16-5)10(2)9-14/h6-8,10-14H,1,9H2,2-5H3. The minimum atomic E-state index is -0.0306. The lowest BCUT2D eigenvalue weighted by Crippen LogP contribution is -2.37. The lowest BCUT2D eigenvalue weighted by atomic mass is 9.89. The molecule has 0 heterocycles. The summed E-state index contributed by atoms with van der Waals surface area (Å²) >= 11 is 0. The second-order valence-electron chi connectivity index (χ2n) is 4.04. The molecule has 0 aromatic heterocycles. The summed E-state index contributed by atoms with van der Waals surface area (Å²) in [5, 5.41) is 9.16. The third-order valence-corrected chi connectivity index (χ3v) is 2.87. The van der Waals surface area contributed by atoms with Gasteiger partial charge in [-0.15, -0.1) is 0 Å². The highest BCUT2D eigenvalue weighted by Crippen LogP contribution is 2.21. The van der Waals surface area contributed by atoms with E-state index in [4.69, 9.17) is 14.6 Å². The molecule has 3 nitrogen and oxygen atoms in total. The molecule has 0 saturated heterocycles. The Bertz CT molecular complexity index is 213. The van der Waals surface area contributed by atoms with Gasteiger partial charge in [0.25, 0.3) is 0 Å². The number of aliphatic hydroxyl groups is 1. The summed E-state index contributed by atoms with van der Waals surface area (Å²) in [5.41, 5.74) is 0. The van der Waals surface area contributed by atoms with Crippen LogP contribution >= 0.6 is 0 Å². The van der Waals surface area contributed by atoms with Gasteiger partial charge in [0.1, 0.15) is 0 Å². The van der Waals surface area contributed by atoms with Gasteiger partial charge in [0.15, 0.2) is 0 Å². The molecule has 0 saturated carbocycles. The van der Waals surface area contributed by atoms with Gasteiger partial charge in [0, 0.05) is 32.7 Å². The van der Waals surface area contributed by atoms with Gasteiger partial charge < -0.3 is 14.6 Å². The minimum Gasteiger partial charge on any atom is -0.396 e. The van der Waals surface area contributed by atoms with Crippen LogP contribution in [0.4, 0.5) is 0 Å². The second kappa shape index (κ2) is 8.50. The van der Waals surface area contributed by atoms with Crippen LogP contribution in [0.15, 0.2) is 24.8 Å². The van der Waals surface area contributed by atoms with Gasteiger partial charge in [-0.05, 0) is 0 Å². The van der Waals surface area contributed by atoms with Crippen molar-refractivity contribution in [3.63, 3.8) is 0 Å². The Morgan fingerprint density at radius 3 is 2.25 bits per heavy atom. The number of methoxy groups -OCH3 is 2. The lowest BCUT2D eigenvalue weighted by molar-refractivity contribution is -0.0437. The van der Waals surface area contributed by atoms with Crippen LogP contribution in [0.1, 0.15) is 13.8 Å². The Morgan fingerprint density at radius 1 is 1.25 bits per heavy atom. The molecular formula is C13H24O3. The Morgan fingerprint density at radius 2 is 1.88 bits per heavy atom. The number of hydrogen-bond donors (Lipinski definition) is 1. The number of allylic oxidation sites excluding steroid dienone is 2. The van der Waals surface area contributed by atoms with E-state index in [9.17, 15) is 0 Å². The van der Waals surface area contributed by atoms with Gasteiger partial charge >= 0.3 is 0 Å². The molecule has 0 bridgehead atoms. The van der Waals surface area contributed by atoms with Gasteiger partial charge in [-0.25, -0.2) is 0 Å². The summed E-state index contributed by atoms with van der Waals surface area (Å²) in [4.78, 5) is 0. The van der Waals surface area contributed by atoms with Crippen LogP contribution < -0.4 is 0 Å². The zero-order valence-electron chi connectivity index (χ0n) is 10.7. The largest absolute Gasteiger partial charge is 0.396 e. The smallest absolute Gasteiger partial charge is 0.0805 e. The molecule has 0 aromatic rings. The quantitative estimate of drug-likeness (QED) is 0.646. The van der Waals surface area contributed by atoms with Crippen molar-refractivity contribution in [3.05, 3.63) is 24.8 Å². The van der Waals surface area contributed by atoms with Gasteiger partial charge in [-0.2, -0.15) is 0 Å². The summed E-state index contributed by atoms with van der Waals surface area (Å²) < 4.78 is 10.8. The predicted octanol–water partition coefficient (Wildman–Crippen LogP) is 2.02. The molecule has 16 heavy (non-hydrogen) atoms. The highest BCUT2D eigenvalue weighted by molar-refractivity contribution is 5.03. The molecule has 0 radical (unpaired) electrons. The van der Waals surface area contributed by atoms with Crippen LogP contribution in [0.25, 0.3) is 0 Å². The van der Waals surface area contributed by atoms with E-state index in [1.807, 2.05) is 19.1 Å². The lowest BCUT2D eigenvalue weighted by Gasteiger charge is -2.31. The summed E-state index contributed by atoms with van der Waals surface area (Å²) in [6, 6.07) is 0. The fourth-order valence-electron chi connectivity index (χ4n) is 1.91. The van der Waals surface area contributed by atoms with Crippen molar-refractivity contribution >= 4 is 0 Å². The predicted molar refractivity (Wildman–Crippen MR) is 66.3 cm³/mol. The summed E-state index contributed by atoms with van der Waals surface area (Å²) in [6.45, 7) is 7.77. The van der Waals surface area contributed by atoms with E-state index in [2.05, 4.69) is 13.5 Å². The highest BCUT2D eigenvalue weighted by Gasteiger charge is 2.28. The van der Waals surface area contributed by atoms with Crippen LogP contribution in [0.3, 0.4) is 0 Å². The van der Waals surface area contributed by atoms with Crippen LogP contribution in [-0.2, 0) is 9.47 Å². The zero-order chi connectivity index (χ0) is 12.6. The average molecular weight is 228 g/mol. The molecule has 0 amide bonds. The maximum atomic E-state index is 9.16. The van der Waals surface area contributed by atoms with Crippen molar-refractivity contribution in [2.45, 2.75) is 26.1 Å². The minimum absolute atomic E-state index is 0.0237. The first-order chi connectivity index (χ1) is 7.62. The Kier molecular flexibility index (Phi) is 8.16. The monoisotopic (exact) mass is 228 g/mol. The van der Waals surface area contributed by atoms with Crippen LogP contribution in [0.2, 0.25) is 0 Å². The molecule has 4 unspecified atom stereocenters. The molecular weight excluding hydrogens is 204 g/mol. The van der Waals surface area contributed by atoms with Crippen molar-refractivity contribution < 1.29 is 14.6 Å². The van der Waals surface area contributed by atoms with E-state index in [1.54, 1.807) is 20.3 Å². The number of rotatable bonds is 8. The van der Waals surface area contributed by atoms with Gasteiger partial charge in [-0.3, -0.25) is 0 Å². The molecule has 0 aliphatic rings. The van der Waals surface area contributed by atoms with Crippen molar-refractivity contribution in [2.75, 3.05) is 20.8 Å². The molecule has 0 fully saturated rings. The molecule has 0 rings (SSSR count). The van der Waals surface area contributed by atoms with Crippen LogP contribution in [-0.4, -0.2) is 38.1 Å². The third-order valence-electron chi connectivity index (χ3n) is 2.87. The first kappa shape index (κ1) is 15.4. The maximum absolute atomic E-state index is 9.16. The van der Waals surface area contributed by atoms with Crippen molar-refractivity contribution in [2.24, 2.45) is 11.8 Å². The van der Waals surface area contributed by atoms with E-state index in [0.29, 0.717) is 0 Å². The van der Waals surface area contributed by atoms with E-state index >= 15 is 0 Å². The average Bonchev–Trinajstić information content (AvgIpc) is 2.30. The molecule has 3 heteroatoms. The van der Waals surface area contributed by atoms with Crippen LogP contribution in [0.5, 0.6) is 0 Å². The molecule has 0 aliphatic carbocycles. The van der Waals surface area contributed by atoms with E-state index in [1.165, 1.54) is 0 Å². The Hall–Kier alpha value is -0.640. The van der Waals surface area contributed by atoms with Gasteiger partial charge in [0.05, 0.1) is 12.2 Å². The Balaban J connectivity index is 4.61. The first-order valence-corrected chi connectivity index (χ1v) is 5.58. The van der Waals surface area contributed by atoms with E-state index in [-0.39, 0.29) is 30.7 Å². The summed E-state index contributed by atoms with van der Waals surface area (Å²) in [5.74, 6) is 0.267. The van der Waals surface area contributed by atoms with Crippen molar-refractivity contribution in [3.8, 4) is 0 Å². The Labute approximate surface area is 98.8 Å². The SMILES string of the molecule is C=CC=CC(OC)C(C)C(OC)C(C)CO. The molecule has 0 aliphatic heterocycles. The van der Waals surface area contributed by atoms with E-state index in [0.717, 1.165) is 0 Å². The first-order valence-electron chi connectivity index (χ1n) is 5.58. The maximum Gasteiger partial charge on any atom is 0.0805 e. The second-order valence-corrected chi connectivity index (χ2v) is 4.04. The highest BCUT2D eigenvalue weighted by atomic mass is 16.5. The molecule has 4 atom stereocenters. The van der Waals surface area contributed by atoms with Crippen molar-refractivity contribution in [1.82, 2.24) is 0 Å². The molecule has 0 aromatic carbocycles. The molecule has 94 valence electrons. The third kappa shape index (κ3) is 4.47. The molecule has 0 spiro atoms. The van der Waals surface area contributed by atoms with E-state index < -0.39 is 0 Å². The zero-order valence-corrected chi connectivity index (χ0v) is 10.7. The summed E-state index contributed by atoms with van der Waals surface area (Å²) in [7, 11) is 3.34. The summed E-state index contributed by atoms with van der Waals surface area (Å²) in [6.07, 6.45) is 5.48.